The van der Waals surface area contributed by atoms with Crippen molar-refractivity contribution in [3.8, 4) is 11.5 Å². The van der Waals surface area contributed by atoms with Crippen LogP contribution in [0.3, 0.4) is 0 Å². The van der Waals surface area contributed by atoms with Crippen LogP contribution >= 0.6 is 11.8 Å². The molecule has 0 radical (unpaired) electrons. The molecule has 1 N–H and O–H groups in total. The first-order valence-electron chi connectivity index (χ1n) is 8.90. The molecule has 1 heterocycles. The minimum atomic E-state index is -1.08. The van der Waals surface area contributed by atoms with Crippen molar-refractivity contribution in [1.29, 1.82) is 0 Å². The Bertz CT molecular complexity index is 987. The summed E-state index contributed by atoms with van der Waals surface area (Å²) in [4.78, 5) is 37.7. The van der Waals surface area contributed by atoms with Crippen molar-refractivity contribution in [1.82, 2.24) is 0 Å². The van der Waals surface area contributed by atoms with E-state index in [-0.39, 0.29) is 4.91 Å². The molecule has 7 nitrogen and oxygen atoms in total. The zero-order chi connectivity index (χ0) is 21.0. The molecular formula is C21H19NO6S. The third-order valence-electron chi connectivity index (χ3n) is 4.02. The lowest BCUT2D eigenvalue weighted by Crippen LogP contribution is -2.28. The second-order valence-electron chi connectivity index (χ2n) is 6.09. The van der Waals surface area contributed by atoms with E-state index in [1.54, 1.807) is 54.6 Å². The van der Waals surface area contributed by atoms with Crippen molar-refractivity contribution in [3.05, 3.63) is 59.0 Å². The number of ether oxygens (including phenoxy) is 2. The number of hydrogen-bond donors (Lipinski definition) is 1. The van der Waals surface area contributed by atoms with Crippen molar-refractivity contribution >= 4 is 40.6 Å². The fourth-order valence-electron chi connectivity index (χ4n) is 2.68. The molecule has 0 aromatic heterocycles. The number of rotatable bonds is 7. The molecule has 150 valence electrons. The predicted molar refractivity (Wildman–Crippen MR) is 110 cm³/mol. The maximum absolute atomic E-state index is 12.9. The quantitative estimate of drug-likeness (QED) is 0.681. The minimum Gasteiger partial charge on any atom is -0.492 e. The van der Waals surface area contributed by atoms with E-state index >= 15 is 0 Å². The molecule has 2 amide bonds. The summed E-state index contributed by atoms with van der Waals surface area (Å²) in [6, 6.07) is 13.5. The van der Waals surface area contributed by atoms with Crippen LogP contribution in [-0.4, -0.2) is 34.9 Å². The highest BCUT2D eigenvalue weighted by Gasteiger charge is 2.37. The smallest absolute Gasteiger partial charge is 0.344 e. The van der Waals surface area contributed by atoms with Crippen LogP contribution in [0.5, 0.6) is 11.5 Å². The lowest BCUT2D eigenvalue weighted by atomic mass is 10.2. The number of amides is 2. The fraction of sp³-hybridized carbons (Fsp3) is 0.190. The second kappa shape index (κ2) is 8.83. The molecule has 2 aromatic rings. The molecular weight excluding hydrogens is 394 g/mol. The summed E-state index contributed by atoms with van der Waals surface area (Å²) in [5.74, 6) is -0.715. The van der Waals surface area contributed by atoms with E-state index in [9.17, 15) is 14.4 Å². The van der Waals surface area contributed by atoms with Crippen LogP contribution in [0.2, 0.25) is 0 Å². The van der Waals surface area contributed by atoms with Crippen LogP contribution in [0.4, 0.5) is 10.5 Å². The zero-order valence-corrected chi connectivity index (χ0v) is 16.6. The average Bonchev–Trinajstić information content (AvgIpc) is 2.96. The van der Waals surface area contributed by atoms with Crippen LogP contribution in [0.1, 0.15) is 19.4 Å². The maximum Gasteiger partial charge on any atom is 0.344 e. The van der Waals surface area contributed by atoms with Gasteiger partial charge in [-0.1, -0.05) is 24.3 Å². The van der Waals surface area contributed by atoms with E-state index in [4.69, 9.17) is 14.6 Å². The number of thioether (sulfide) groups is 1. The van der Waals surface area contributed by atoms with Gasteiger partial charge in [-0.15, -0.1) is 0 Å². The standard InChI is InChI=1S/C21H19NO6S/c1-3-27-17-10-5-4-9-16(17)22-19(23)18(29-21(22)26)12-14-7-6-8-15(11-14)28-13(2)20(24)25/h4-13H,3H2,1-2H3,(H,24,25)/b18-12+. The SMILES string of the molecule is CCOc1ccccc1N1C(=O)S/C(=C/c2cccc(OC(C)C(=O)O)c2)C1=O. The van der Waals surface area contributed by atoms with Crippen molar-refractivity contribution in [2.75, 3.05) is 11.5 Å². The number of para-hydroxylation sites is 2. The lowest BCUT2D eigenvalue weighted by Gasteiger charge is -2.16. The van der Waals surface area contributed by atoms with Gasteiger partial charge in [0.05, 0.1) is 17.2 Å². The highest BCUT2D eigenvalue weighted by molar-refractivity contribution is 8.19. The van der Waals surface area contributed by atoms with Crippen LogP contribution < -0.4 is 14.4 Å². The number of nitrogens with zero attached hydrogens (tertiary/aromatic N) is 1. The second-order valence-corrected chi connectivity index (χ2v) is 7.08. The first-order valence-corrected chi connectivity index (χ1v) is 9.71. The molecule has 3 rings (SSSR count). The summed E-state index contributed by atoms with van der Waals surface area (Å²) in [5.41, 5.74) is 1.01. The molecule has 0 aliphatic carbocycles. The molecule has 2 aromatic carbocycles. The van der Waals surface area contributed by atoms with Gasteiger partial charge in [0, 0.05) is 0 Å². The Balaban J connectivity index is 1.87. The summed E-state index contributed by atoms with van der Waals surface area (Å²) in [6.45, 7) is 3.66. The van der Waals surface area contributed by atoms with E-state index in [2.05, 4.69) is 0 Å². The van der Waals surface area contributed by atoms with Gasteiger partial charge in [-0.3, -0.25) is 9.59 Å². The number of carbonyl (C=O) groups excluding carboxylic acids is 2. The first-order chi connectivity index (χ1) is 13.9. The Morgan fingerprint density at radius 1 is 1.21 bits per heavy atom. The largest absolute Gasteiger partial charge is 0.492 e. The van der Waals surface area contributed by atoms with Crippen molar-refractivity contribution in [2.45, 2.75) is 20.0 Å². The van der Waals surface area contributed by atoms with Gasteiger partial charge >= 0.3 is 5.97 Å². The Morgan fingerprint density at radius 2 is 1.97 bits per heavy atom. The van der Waals surface area contributed by atoms with Gasteiger partial charge in [0.1, 0.15) is 11.5 Å². The summed E-state index contributed by atoms with van der Waals surface area (Å²) in [7, 11) is 0. The van der Waals surface area contributed by atoms with Gasteiger partial charge < -0.3 is 14.6 Å². The average molecular weight is 413 g/mol. The monoisotopic (exact) mass is 413 g/mol. The third kappa shape index (κ3) is 4.60. The zero-order valence-electron chi connectivity index (χ0n) is 15.8. The first kappa shape index (κ1) is 20.5. The summed E-state index contributed by atoms with van der Waals surface area (Å²) in [5, 5.41) is 8.55. The Kier molecular flexibility index (Phi) is 6.23. The molecule has 1 saturated heterocycles. The number of anilines is 1. The fourth-order valence-corrected chi connectivity index (χ4v) is 3.51. The molecule has 1 unspecified atom stereocenters. The van der Waals surface area contributed by atoms with Gasteiger partial charge in [0.15, 0.2) is 6.10 Å². The molecule has 1 atom stereocenters. The number of carboxylic acid groups (broad SMARTS) is 1. The lowest BCUT2D eigenvalue weighted by molar-refractivity contribution is -0.144. The molecule has 1 fully saturated rings. The van der Waals surface area contributed by atoms with Crippen molar-refractivity contribution < 1.29 is 29.0 Å². The van der Waals surface area contributed by atoms with Crippen molar-refractivity contribution in [2.24, 2.45) is 0 Å². The topological polar surface area (TPSA) is 93.1 Å². The van der Waals surface area contributed by atoms with E-state index in [0.717, 1.165) is 16.7 Å². The number of hydrogen-bond acceptors (Lipinski definition) is 6. The summed E-state index contributed by atoms with van der Waals surface area (Å²) in [6.07, 6.45) is 0.569. The van der Waals surface area contributed by atoms with Crippen molar-refractivity contribution in [3.63, 3.8) is 0 Å². The molecule has 1 aliphatic heterocycles. The van der Waals surface area contributed by atoms with Gasteiger partial charge in [-0.25, -0.2) is 9.69 Å². The van der Waals surface area contributed by atoms with Gasteiger partial charge in [-0.2, -0.15) is 0 Å². The number of imide groups is 1. The Hall–Kier alpha value is -3.26. The van der Waals surface area contributed by atoms with Crippen LogP contribution in [0.25, 0.3) is 6.08 Å². The van der Waals surface area contributed by atoms with Crippen LogP contribution in [0.15, 0.2) is 53.4 Å². The highest BCUT2D eigenvalue weighted by Crippen LogP contribution is 2.39. The van der Waals surface area contributed by atoms with E-state index < -0.39 is 23.2 Å². The van der Waals surface area contributed by atoms with E-state index in [1.165, 1.54) is 6.92 Å². The molecule has 8 heteroatoms. The third-order valence-corrected chi connectivity index (χ3v) is 4.89. The van der Waals surface area contributed by atoms with Crippen LogP contribution in [0, 0.1) is 0 Å². The number of carbonyl (C=O) groups is 3. The maximum atomic E-state index is 12.9. The number of carboxylic acids is 1. The molecule has 0 spiro atoms. The van der Waals surface area contributed by atoms with Gasteiger partial charge in [0.25, 0.3) is 11.1 Å². The predicted octanol–water partition coefficient (Wildman–Crippen LogP) is 4.18. The van der Waals surface area contributed by atoms with E-state index in [0.29, 0.717) is 29.4 Å². The normalized spacial score (nSPS) is 16.2. The molecule has 0 saturated carbocycles. The van der Waals surface area contributed by atoms with E-state index in [1.807, 2.05) is 6.92 Å². The molecule has 0 bridgehead atoms. The Morgan fingerprint density at radius 3 is 2.69 bits per heavy atom. The summed E-state index contributed by atoms with van der Waals surface area (Å²) < 4.78 is 10.9. The Labute approximate surface area is 171 Å². The molecule has 1 aliphatic rings. The summed E-state index contributed by atoms with van der Waals surface area (Å²) >= 11 is 0.831. The van der Waals surface area contributed by atoms with Gasteiger partial charge in [-0.05, 0) is 61.5 Å². The van der Waals surface area contributed by atoms with Crippen LogP contribution in [-0.2, 0) is 9.59 Å². The number of benzene rings is 2. The molecule has 29 heavy (non-hydrogen) atoms. The minimum absolute atomic E-state index is 0.254. The number of aliphatic carboxylic acids is 1. The van der Waals surface area contributed by atoms with Gasteiger partial charge in [0.2, 0.25) is 0 Å². The highest BCUT2D eigenvalue weighted by atomic mass is 32.2.